The molecule has 2 aliphatic rings. The van der Waals surface area contributed by atoms with Crippen LogP contribution in [0, 0.1) is 17.8 Å². The molecule has 1 heterocycles. The number of hydrogen-bond acceptors (Lipinski definition) is 2. The second-order valence-electron chi connectivity index (χ2n) is 6.24. The van der Waals surface area contributed by atoms with Crippen LogP contribution in [0.4, 0.5) is 0 Å². The minimum absolute atomic E-state index is 0.814. The van der Waals surface area contributed by atoms with Gasteiger partial charge in [0.15, 0.2) is 0 Å². The molecule has 0 aromatic heterocycles. The Bertz CT molecular complexity index is 187. The van der Waals surface area contributed by atoms with Crippen LogP contribution >= 0.6 is 0 Å². The minimum Gasteiger partial charge on any atom is -0.316 e. The van der Waals surface area contributed by atoms with Crippen molar-refractivity contribution >= 4 is 0 Å². The summed E-state index contributed by atoms with van der Waals surface area (Å²) in [6.45, 7) is 11.1. The number of nitrogens with zero attached hydrogens (tertiary/aromatic N) is 1. The Morgan fingerprint density at radius 3 is 2.12 bits per heavy atom. The van der Waals surface area contributed by atoms with Crippen LogP contribution in [-0.2, 0) is 0 Å². The van der Waals surface area contributed by atoms with Crippen LogP contribution in [-0.4, -0.2) is 37.6 Å². The average Bonchev–Trinajstić information content (AvgIpc) is 2.67. The van der Waals surface area contributed by atoms with Crippen LogP contribution in [0.25, 0.3) is 0 Å². The Hall–Kier alpha value is -0.0800. The predicted octanol–water partition coefficient (Wildman–Crippen LogP) is 2.35. The fourth-order valence-electron chi connectivity index (χ4n) is 3.37. The first-order valence-corrected chi connectivity index (χ1v) is 7.17. The van der Waals surface area contributed by atoms with Crippen LogP contribution < -0.4 is 5.32 Å². The van der Waals surface area contributed by atoms with Gasteiger partial charge >= 0.3 is 0 Å². The maximum atomic E-state index is 3.57. The first-order chi connectivity index (χ1) is 7.74. The third-order valence-electron chi connectivity index (χ3n) is 4.12. The smallest absolute Gasteiger partial charge is 0.00194 e. The lowest BCUT2D eigenvalue weighted by molar-refractivity contribution is 0.162. The van der Waals surface area contributed by atoms with E-state index in [0.29, 0.717) is 0 Å². The Labute approximate surface area is 101 Å². The predicted molar refractivity (Wildman–Crippen MR) is 69.6 cm³/mol. The summed E-state index contributed by atoms with van der Waals surface area (Å²) in [5.41, 5.74) is 0. The summed E-state index contributed by atoms with van der Waals surface area (Å²) in [4.78, 5) is 2.74. The molecule has 1 saturated carbocycles. The number of nitrogens with one attached hydrogen (secondary N) is 1. The molecule has 0 spiro atoms. The summed E-state index contributed by atoms with van der Waals surface area (Å²) < 4.78 is 0. The van der Waals surface area contributed by atoms with Gasteiger partial charge in [-0.25, -0.2) is 0 Å². The van der Waals surface area contributed by atoms with Crippen molar-refractivity contribution in [1.29, 1.82) is 0 Å². The molecule has 2 fully saturated rings. The second-order valence-corrected chi connectivity index (χ2v) is 6.24. The summed E-state index contributed by atoms with van der Waals surface area (Å²) in [7, 11) is 0. The molecule has 1 saturated heterocycles. The van der Waals surface area contributed by atoms with Crippen molar-refractivity contribution in [3.05, 3.63) is 0 Å². The molecule has 0 aromatic carbocycles. The summed E-state index contributed by atoms with van der Waals surface area (Å²) in [5.74, 6) is 2.63. The van der Waals surface area contributed by atoms with E-state index in [-0.39, 0.29) is 0 Å². The summed E-state index contributed by atoms with van der Waals surface area (Å²) in [6, 6.07) is 0. The molecule has 16 heavy (non-hydrogen) atoms. The van der Waals surface area contributed by atoms with Crippen molar-refractivity contribution in [2.75, 3.05) is 32.7 Å². The third-order valence-corrected chi connectivity index (χ3v) is 4.12. The molecule has 1 aliphatic carbocycles. The van der Waals surface area contributed by atoms with Gasteiger partial charge in [-0.05, 0) is 43.7 Å². The highest BCUT2D eigenvalue weighted by molar-refractivity contribution is 4.77. The van der Waals surface area contributed by atoms with Gasteiger partial charge in [0.05, 0.1) is 0 Å². The van der Waals surface area contributed by atoms with Crippen molar-refractivity contribution in [3.63, 3.8) is 0 Å². The van der Waals surface area contributed by atoms with E-state index in [0.717, 1.165) is 17.8 Å². The molecule has 2 heteroatoms. The Balaban J connectivity index is 1.83. The minimum atomic E-state index is 0.814. The molecule has 0 amide bonds. The summed E-state index contributed by atoms with van der Waals surface area (Å²) in [5, 5.41) is 3.57. The van der Waals surface area contributed by atoms with Gasteiger partial charge in [-0.2, -0.15) is 0 Å². The van der Waals surface area contributed by atoms with Gasteiger partial charge in [0, 0.05) is 19.6 Å². The van der Waals surface area contributed by atoms with E-state index < -0.39 is 0 Å². The largest absolute Gasteiger partial charge is 0.316 e. The molecule has 0 radical (unpaired) electrons. The van der Waals surface area contributed by atoms with Gasteiger partial charge in [0.1, 0.15) is 0 Å². The van der Waals surface area contributed by atoms with Crippen molar-refractivity contribution in [1.82, 2.24) is 10.2 Å². The van der Waals surface area contributed by atoms with E-state index in [2.05, 4.69) is 24.1 Å². The molecule has 2 rings (SSSR count). The van der Waals surface area contributed by atoms with Gasteiger partial charge < -0.3 is 10.2 Å². The Kier molecular flexibility index (Phi) is 4.66. The van der Waals surface area contributed by atoms with E-state index in [1.165, 1.54) is 58.4 Å². The lowest BCUT2D eigenvalue weighted by Crippen LogP contribution is -2.44. The Morgan fingerprint density at radius 2 is 1.56 bits per heavy atom. The topological polar surface area (TPSA) is 15.3 Å². The van der Waals surface area contributed by atoms with Crippen LogP contribution in [0.2, 0.25) is 0 Å². The molecule has 2 nitrogen and oxygen atoms in total. The zero-order chi connectivity index (χ0) is 11.4. The Morgan fingerprint density at radius 1 is 1.00 bits per heavy atom. The molecule has 2 atom stereocenters. The summed E-state index contributed by atoms with van der Waals surface area (Å²) in [6.07, 6.45) is 5.92. The highest BCUT2D eigenvalue weighted by atomic mass is 15.1. The van der Waals surface area contributed by atoms with E-state index in [4.69, 9.17) is 0 Å². The van der Waals surface area contributed by atoms with Gasteiger partial charge in [-0.3, -0.25) is 0 Å². The highest BCUT2D eigenvalue weighted by Crippen LogP contribution is 2.26. The zero-order valence-electron chi connectivity index (χ0n) is 11.0. The normalized spacial score (nSPS) is 34.9. The molecule has 2 unspecified atom stereocenters. The molecule has 0 bridgehead atoms. The van der Waals surface area contributed by atoms with Crippen LogP contribution in [0.15, 0.2) is 0 Å². The molecule has 0 aromatic rings. The van der Waals surface area contributed by atoms with Crippen LogP contribution in [0.3, 0.4) is 0 Å². The van der Waals surface area contributed by atoms with E-state index in [9.17, 15) is 0 Å². The molecular weight excluding hydrogens is 196 g/mol. The molecule has 1 aliphatic heterocycles. The maximum Gasteiger partial charge on any atom is 0.00194 e. The van der Waals surface area contributed by atoms with Crippen molar-refractivity contribution in [2.24, 2.45) is 17.8 Å². The highest BCUT2D eigenvalue weighted by Gasteiger charge is 2.22. The van der Waals surface area contributed by atoms with E-state index in [1.807, 2.05) is 0 Å². The van der Waals surface area contributed by atoms with Crippen molar-refractivity contribution < 1.29 is 0 Å². The third kappa shape index (κ3) is 3.74. The van der Waals surface area contributed by atoms with Gasteiger partial charge in [-0.1, -0.05) is 26.7 Å². The van der Waals surface area contributed by atoms with Crippen LogP contribution in [0.5, 0.6) is 0 Å². The molecular formula is C14H28N2. The SMILES string of the molecule is CC1CNCC(C)CN(CC2CCCC2)C1. The van der Waals surface area contributed by atoms with Crippen molar-refractivity contribution in [2.45, 2.75) is 39.5 Å². The zero-order valence-corrected chi connectivity index (χ0v) is 11.0. The van der Waals surface area contributed by atoms with Crippen molar-refractivity contribution in [3.8, 4) is 0 Å². The van der Waals surface area contributed by atoms with E-state index >= 15 is 0 Å². The number of rotatable bonds is 2. The van der Waals surface area contributed by atoms with Crippen LogP contribution in [0.1, 0.15) is 39.5 Å². The quantitative estimate of drug-likeness (QED) is 0.774. The standard InChI is InChI=1S/C14H28N2/c1-12-7-15-8-13(2)10-16(9-12)11-14-5-3-4-6-14/h12-15H,3-11H2,1-2H3. The lowest BCUT2D eigenvalue weighted by atomic mass is 10.0. The molecule has 1 N–H and O–H groups in total. The van der Waals surface area contributed by atoms with Gasteiger partial charge in [-0.15, -0.1) is 0 Å². The summed E-state index contributed by atoms with van der Waals surface area (Å²) >= 11 is 0. The second kappa shape index (κ2) is 6.02. The fraction of sp³-hybridized carbons (Fsp3) is 1.00. The fourth-order valence-corrected chi connectivity index (χ4v) is 3.37. The first kappa shape index (κ1) is 12.4. The molecule has 94 valence electrons. The lowest BCUT2D eigenvalue weighted by Gasteiger charge is -2.33. The maximum absolute atomic E-state index is 3.57. The monoisotopic (exact) mass is 224 g/mol. The number of hydrogen-bond donors (Lipinski definition) is 1. The first-order valence-electron chi connectivity index (χ1n) is 7.17. The van der Waals surface area contributed by atoms with E-state index in [1.54, 1.807) is 0 Å². The van der Waals surface area contributed by atoms with Gasteiger partial charge in [0.2, 0.25) is 0 Å². The average molecular weight is 224 g/mol. The van der Waals surface area contributed by atoms with Gasteiger partial charge in [0.25, 0.3) is 0 Å².